The van der Waals surface area contributed by atoms with E-state index in [1.54, 1.807) is 21.0 Å². The number of fused-ring (bicyclic) bond motifs is 1. The number of hydrogen-bond acceptors (Lipinski definition) is 4. The molecule has 3 rings (SSSR count). The van der Waals surface area contributed by atoms with Crippen LogP contribution in [0.2, 0.25) is 0 Å². The number of amides is 1. The molecule has 170 valence electrons. The Morgan fingerprint density at radius 1 is 1.16 bits per heavy atom. The van der Waals surface area contributed by atoms with E-state index >= 15 is 0 Å². The number of anilines is 1. The molecule has 0 aromatic heterocycles. The average molecular weight is 455 g/mol. The minimum absolute atomic E-state index is 0. The molecule has 1 heterocycles. The molecule has 1 atom stereocenters. The normalized spacial score (nSPS) is 15.7. The van der Waals surface area contributed by atoms with Crippen LogP contribution in [0.4, 0.5) is 14.5 Å². The van der Waals surface area contributed by atoms with Gasteiger partial charge in [-0.05, 0) is 35.2 Å². The van der Waals surface area contributed by atoms with E-state index in [4.69, 9.17) is 9.47 Å². The Morgan fingerprint density at radius 3 is 2.45 bits per heavy atom. The summed E-state index contributed by atoms with van der Waals surface area (Å²) in [7, 11) is 3.12. The summed E-state index contributed by atoms with van der Waals surface area (Å²) in [5, 5.41) is 5.83. The van der Waals surface area contributed by atoms with Crippen LogP contribution in [0.1, 0.15) is 42.1 Å². The zero-order valence-electron chi connectivity index (χ0n) is 18.2. The first-order valence-corrected chi connectivity index (χ1v) is 9.90. The minimum atomic E-state index is -0.838. The van der Waals surface area contributed by atoms with Gasteiger partial charge in [0, 0.05) is 37.4 Å². The fourth-order valence-corrected chi connectivity index (χ4v) is 4.05. The van der Waals surface area contributed by atoms with E-state index < -0.39 is 23.1 Å². The van der Waals surface area contributed by atoms with Gasteiger partial charge in [-0.15, -0.1) is 12.4 Å². The molecule has 0 spiro atoms. The van der Waals surface area contributed by atoms with Crippen molar-refractivity contribution in [3.05, 3.63) is 64.2 Å². The van der Waals surface area contributed by atoms with E-state index in [1.807, 2.05) is 18.2 Å². The SMILES string of the molecule is COCc1ccc2c(c1)CCNC2C(=O)Nc1cc(F)c(C(C)(C)COC)c(F)c1.Cl. The van der Waals surface area contributed by atoms with Gasteiger partial charge in [-0.1, -0.05) is 32.0 Å². The van der Waals surface area contributed by atoms with E-state index in [2.05, 4.69) is 10.6 Å². The lowest BCUT2D eigenvalue weighted by molar-refractivity contribution is -0.118. The van der Waals surface area contributed by atoms with Crippen LogP contribution in [0.3, 0.4) is 0 Å². The van der Waals surface area contributed by atoms with Crippen molar-refractivity contribution >= 4 is 24.0 Å². The number of methoxy groups -OCH3 is 2. The molecule has 1 unspecified atom stereocenters. The Morgan fingerprint density at radius 2 is 1.84 bits per heavy atom. The summed E-state index contributed by atoms with van der Waals surface area (Å²) >= 11 is 0. The van der Waals surface area contributed by atoms with Gasteiger partial charge in [0.2, 0.25) is 5.91 Å². The maximum absolute atomic E-state index is 14.7. The Labute approximate surface area is 187 Å². The molecule has 8 heteroatoms. The lowest BCUT2D eigenvalue weighted by Crippen LogP contribution is -2.38. The number of hydrogen-bond donors (Lipinski definition) is 2. The molecule has 2 aromatic carbocycles. The van der Waals surface area contributed by atoms with Gasteiger partial charge in [0.05, 0.1) is 13.2 Å². The smallest absolute Gasteiger partial charge is 0.246 e. The van der Waals surface area contributed by atoms with Gasteiger partial charge in [0.25, 0.3) is 0 Å². The van der Waals surface area contributed by atoms with E-state index in [9.17, 15) is 13.6 Å². The van der Waals surface area contributed by atoms with Crippen molar-refractivity contribution in [2.24, 2.45) is 0 Å². The third kappa shape index (κ3) is 5.60. The summed E-state index contributed by atoms with van der Waals surface area (Å²) in [6, 6.07) is 7.56. The fraction of sp³-hybridized carbons (Fsp3) is 0.435. The van der Waals surface area contributed by atoms with Crippen LogP contribution in [0.15, 0.2) is 30.3 Å². The van der Waals surface area contributed by atoms with Crippen molar-refractivity contribution in [2.75, 3.05) is 32.7 Å². The lowest BCUT2D eigenvalue weighted by Gasteiger charge is -2.27. The number of halogens is 3. The molecule has 2 N–H and O–H groups in total. The Bertz CT molecular complexity index is 914. The highest BCUT2D eigenvalue weighted by Gasteiger charge is 2.30. The number of benzene rings is 2. The summed E-state index contributed by atoms with van der Waals surface area (Å²) in [5.74, 6) is -1.79. The monoisotopic (exact) mass is 454 g/mol. The van der Waals surface area contributed by atoms with Crippen LogP contribution < -0.4 is 10.6 Å². The van der Waals surface area contributed by atoms with Crippen LogP contribution in [0.5, 0.6) is 0 Å². The van der Waals surface area contributed by atoms with Crippen molar-refractivity contribution in [1.29, 1.82) is 0 Å². The van der Waals surface area contributed by atoms with Crippen molar-refractivity contribution in [3.63, 3.8) is 0 Å². The molecule has 31 heavy (non-hydrogen) atoms. The summed E-state index contributed by atoms with van der Waals surface area (Å²) in [4.78, 5) is 12.9. The third-order valence-electron chi connectivity index (χ3n) is 5.33. The Kier molecular flexibility index (Phi) is 8.54. The molecule has 0 saturated heterocycles. The van der Waals surface area contributed by atoms with Crippen LogP contribution >= 0.6 is 12.4 Å². The van der Waals surface area contributed by atoms with Crippen molar-refractivity contribution in [2.45, 2.75) is 38.3 Å². The van der Waals surface area contributed by atoms with E-state index in [1.165, 1.54) is 7.11 Å². The number of rotatable bonds is 7. The summed E-state index contributed by atoms with van der Waals surface area (Å²) in [6.45, 7) is 4.71. The molecule has 0 aliphatic carbocycles. The second-order valence-electron chi connectivity index (χ2n) is 8.22. The van der Waals surface area contributed by atoms with Crippen LogP contribution in [-0.4, -0.2) is 33.3 Å². The minimum Gasteiger partial charge on any atom is -0.384 e. The molecule has 1 amide bonds. The van der Waals surface area contributed by atoms with Crippen LogP contribution in [-0.2, 0) is 32.7 Å². The van der Waals surface area contributed by atoms with Crippen LogP contribution in [0.25, 0.3) is 0 Å². The molecule has 5 nitrogen and oxygen atoms in total. The first-order chi connectivity index (χ1) is 14.3. The number of carbonyl (C=O) groups is 1. The first-order valence-electron chi connectivity index (χ1n) is 9.90. The lowest BCUT2D eigenvalue weighted by atomic mass is 9.84. The molecule has 1 aliphatic heterocycles. The first kappa shape index (κ1) is 25.2. The van der Waals surface area contributed by atoms with Gasteiger partial charge in [0.1, 0.15) is 17.7 Å². The predicted octanol–water partition coefficient (Wildman–Crippen LogP) is 4.28. The van der Waals surface area contributed by atoms with Crippen molar-refractivity contribution in [1.82, 2.24) is 5.32 Å². The quantitative estimate of drug-likeness (QED) is 0.655. The Hall–Kier alpha value is -2.06. The second-order valence-corrected chi connectivity index (χ2v) is 8.22. The van der Waals surface area contributed by atoms with Gasteiger partial charge < -0.3 is 20.1 Å². The second kappa shape index (κ2) is 10.5. The van der Waals surface area contributed by atoms with E-state index in [0.29, 0.717) is 13.2 Å². The average Bonchev–Trinajstić information content (AvgIpc) is 2.66. The van der Waals surface area contributed by atoms with E-state index in [0.717, 1.165) is 35.2 Å². The standard InChI is InChI=1S/C23H28F2N2O3.ClH/c1-23(2,13-30-4)20-18(24)10-16(11-19(20)25)27-22(28)21-17-6-5-14(12-29-3)9-15(17)7-8-26-21;/h5-6,9-11,21,26H,7-8,12-13H2,1-4H3,(H,27,28);1H. The fourth-order valence-electron chi connectivity index (χ4n) is 4.05. The molecule has 0 fully saturated rings. The zero-order valence-corrected chi connectivity index (χ0v) is 19.0. The zero-order chi connectivity index (χ0) is 21.9. The molecular formula is C23H29ClF2N2O3. The maximum Gasteiger partial charge on any atom is 0.246 e. The number of carbonyl (C=O) groups excluding carboxylic acids is 1. The van der Waals surface area contributed by atoms with Crippen LogP contribution in [0, 0.1) is 11.6 Å². The number of nitrogens with one attached hydrogen (secondary N) is 2. The van der Waals surface area contributed by atoms with Gasteiger partial charge in [-0.25, -0.2) is 8.78 Å². The number of ether oxygens (including phenoxy) is 2. The highest BCUT2D eigenvalue weighted by Crippen LogP contribution is 2.32. The van der Waals surface area contributed by atoms with Gasteiger partial charge >= 0.3 is 0 Å². The molecular weight excluding hydrogens is 426 g/mol. The van der Waals surface area contributed by atoms with Gasteiger partial charge in [0.15, 0.2) is 0 Å². The predicted molar refractivity (Wildman–Crippen MR) is 119 cm³/mol. The molecule has 2 aromatic rings. The summed E-state index contributed by atoms with van der Waals surface area (Å²) in [5.41, 5.74) is 2.14. The maximum atomic E-state index is 14.7. The van der Waals surface area contributed by atoms with Gasteiger partial charge in [-0.2, -0.15) is 0 Å². The molecule has 0 bridgehead atoms. The highest BCUT2D eigenvalue weighted by atomic mass is 35.5. The molecule has 0 radical (unpaired) electrons. The topological polar surface area (TPSA) is 59.6 Å². The highest BCUT2D eigenvalue weighted by molar-refractivity contribution is 5.96. The summed E-state index contributed by atoms with van der Waals surface area (Å²) in [6.07, 6.45) is 0.795. The van der Waals surface area contributed by atoms with E-state index in [-0.39, 0.29) is 36.2 Å². The van der Waals surface area contributed by atoms with Crippen molar-refractivity contribution < 1.29 is 23.0 Å². The summed E-state index contributed by atoms with van der Waals surface area (Å²) < 4.78 is 39.7. The molecule has 1 aliphatic rings. The van der Waals surface area contributed by atoms with Crippen molar-refractivity contribution in [3.8, 4) is 0 Å². The third-order valence-corrected chi connectivity index (χ3v) is 5.33. The molecule has 0 saturated carbocycles. The van der Waals surface area contributed by atoms with Gasteiger partial charge in [-0.3, -0.25) is 4.79 Å². The Balaban J connectivity index is 0.00000341. The largest absolute Gasteiger partial charge is 0.384 e.